The van der Waals surface area contributed by atoms with Crippen molar-refractivity contribution in [3.63, 3.8) is 0 Å². The maximum absolute atomic E-state index is 5.23. The summed E-state index contributed by atoms with van der Waals surface area (Å²) in [5.74, 6) is 0. The van der Waals surface area contributed by atoms with Gasteiger partial charge in [0.05, 0.1) is 0 Å². The summed E-state index contributed by atoms with van der Waals surface area (Å²) in [6, 6.07) is 0. The van der Waals surface area contributed by atoms with E-state index in [0.29, 0.717) is 0 Å². The van der Waals surface area contributed by atoms with Crippen LogP contribution in [0.1, 0.15) is 6.92 Å². The third-order valence-corrected chi connectivity index (χ3v) is 0.811. The zero-order valence-corrected chi connectivity index (χ0v) is 6.02. The molecule has 2 nitrogen and oxygen atoms in total. The largest absolute Gasteiger partial charge is 0.374 e. The molecule has 0 aliphatic heterocycles. The van der Waals surface area contributed by atoms with Crippen molar-refractivity contribution in [1.29, 1.82) is 0 Å². The molecular formula is C6H9ClN2. The Balaban J connectivity index is 3.98. The lowest BCUT2D eigenvalue weighted by Gasteiger charge is -1.84. The van der Waals surface area contributed by atoms with Gasteiger partial charge in [-0.1, -0.05) is 12.7 Å². The first kappa shape index (κ1) is 8.24. The van der Waals surface area contributed by atoms with Crippen LogP contribution in [0.15, 0.2) is 29.4 Å². The van der Waals surface area contributed by atoms with Crippen LogP contribution in [-0.2, 0) is 0 Å². The Morgan fingerprint density at radius 3 is 2.67 bits per heavy atom. The van der Waals surface area contributed by atoms with Crippen LogP contribution in [0, 0.1) is 0 Å². The van der Waals surface area contributed by atoms with E-state index in [1.54, 1.807) is 12.3 Å². The fraction of sp³-hybridized carbons (Fsp3) is 0.167. The molecule has 9 heavy (non-hydrogen) atoms. The maximum atomic E-state index is 5.23. The smallest absolute Gasteiger partial charge is 0.193 e. The van der Waals surface area contributed by atoms with Crippen LogP contribution in [0.4, 0.5) is 0 Å². The number of hydrogen-bond acceptors (Lipinski definition) is 1. The molecule has 0 aromatic rings. The Morgan fingerprint density at radius 1 is 1.78 bits per heavy atom. The molecule has 0 aliphatic carbocycles. The molecule has 0 saturated heterocycles. The van der Waals surface area contributed by atoms with E-state index in [0.717, 1.165) is 5.57 Å². The Kier molecular flexibility index (Phi) is 3.80. The van der Waals surface area contributed by atoms with Gasteiger partial charge >= 0.3 is 0 Å². The van der Waals surface area contributed by atoms with Gasteiger partial charge in [0.2, 0.25) is 0 Å². The van der Waals surface area contributed by atoms with Crippen LogP contribution >= 0.6 is 11.6 Å². The molecule has 0 fully saturated rings. The van der Waals surface area contributed by atoms with Crippen molar-refractivity contribution >= 4 is 16.9 Å². The van der Waals surface area contributed by atoms with Crippen molar-refractivity contribution in [2.24, 2.45) is 10.7 Å². The van der Waals surface area contributed by atoms with Crippen LogP contribution < -0.4 is 5.73 Å². The molecule has 0 saturated carbocycles. The summed E-state index contributed by atoms with van der Waals surface area (Å²) in [5.41, 5.74) is 5.96. The van der Waals surface area contributed by atoms with Crippen molar-refractivity contribution < 1.29 is 0 Å². The Labute approximate surface area is 59.7 Å². The normalized spacial score (nSPS) is 13.6. The molecule has 0 atom stereocenters. The van der Waals surface area contributed by atoms with Gasteiger partial charge in [0.25, 0.3) is 0 Å². The van der Waals surface area contributed by atoms with Crippen molar-refractivity contribution in [3.8, 4) is 0 Å². The number of nitrogens with two attached hydrogens (primary N) is 1. The third-order valence-electron chi connectivity index (χ3n) is 0.713. The van der Waals surface area contributed by atoms with Crippen LogP contribution in [0.2, 0.25) is 0 Å². The SMILES string of the molecule is C=C/C(C)=C\N=C(/N)Cl. The lowest BCUT2D eigenvalue weighted by atomic mass is 10.3. The molecule has 0 spiro atoms. The molecule has 0 bridgehead atoms. The number of rotatable bonds is 2. The fourth-order valence-electron chi connectivity index (χ4n) is 0.216. The van der Waals surface area contributed by atoms with Gasteiger partial charge in [0, 0.05) is 6.20 Å². The minimum Gasteiger partial charge on any atom is -0.374 e. The van der Waals surface area contributed by atoms with Crippen LogP contribution in [-0.4, -0.2) is 5.29 Å². The van der Waals surface area contributed by atoms with E-state index in [4.69, 9.17) is 17.3 Å². The molecule has 0 unspecified atom stereocenters. The van der Waals surface area contributed by atoms with E-state index in [1.165, 1.54) is 0 Å². The first-order valence-corrected chi connectivity index (χ1v) is 2.82. The maximum Gasteiger partial charge on any atom is 0.193 e. The summed E-state index contributed by atoms with van der Waals surface area (Å²) in [6.07, 6.45) is 3.22. The topological polar surface area (TPSA) is 38.4 Å². The van der Waals surface area contributed by atoms with Crippen molar-refractivity contribution in [3.05, 3.63) is 24.4 Å². The third kappa shape index (κ3) is 5.11. The van der Waals surface area contributed by atoms with E-state index in [1.807, 2.05) is 6.92 Å². The molecule has 0 heterocycles. The standard InChI is InChI=1S/C6H9ClN2/c1-3-5(2)4-9-6(7)8/h3-4H,1H2,2H3,(H2,8,9)/b5-4-. The van der Waals surface area contributed by atoms with Gasteiger partial charge in [-0.05, 0) is 24.1 Å². The zero-order valence-electron chi connectivity index (χ0n) is 5.26. The average molecular weight is 145 g/mol. The summed E-state index contributed by atoms with van der Waals surface area (Å²) in [5, 5.41) is 0.0381. The number of halogens is 1. The minimum absolute atomic E-state index is 0.0381. The first-order valence-electron chi connectivity index (χ1n) is 2.45. The predicted octanol–water partition coefficient (Wildman–Crippen LogP) is 1.63. The zero-order chi connectivity index (χ0) is 7.28. The predicted molar refractivity (Wildman–Crippen MR) is 41.4 cm³/mol. The summed E-state index contributed by atoms with van der Waals surface area (Å²) in [7, 11) is 0. The minimum atomic E-state index is 0.0381. The van der Waals surface area contributed by atoms with Gasteiger partial charge in [0.15, 0.2) is 5.29 Å². The van der Waals surface area contributed by atoms with Gasteiger partial charge in [-0.3, -0.25) is 0 Å². The number of amidine groups is 1. The molecule has 0 rings (SSSR count). The van der Waals surface area contributed by atoms with Crippen molar-refractivity contribution in [1.82, 2.24) is 0 Å². The number of nitrogens with zero attached hydrogens (tertiary/aromatic N) is 1. The molecule has 2 N–H and O–H groups in total. The van der Waals surface area contributed by atoms with E-state index in [2.05, 4.69) is 11.6 Å². The van der Waals surface area contributed by atoms with E-state index in [9.17, 15) is 0 Å². The molecular weight excluding hydrogens is 136 g/mol. The molecule has 0 amide bonds. The molecule has 50 valence electrons. The van der Waals surface area contributed by atoms with Crippen molar-refractivity contribution in [2.45, 2.75) is 6.92 Å². The highest BCUT2D eigenvalue weighted by Gasteiger charge is 1.77. The van der Waals surface area contributed by atoms with Gasteiger partial charge < -0.3 is 5.73 Å². The van der Waals surface area contributed by atoms with Gasteiger partial charge in [-0.25, -0.2) is 4.99 Å². The second-order valence-corrected chi connectivity index (χ2v) is 1.92. The number of allylic oxidation sites excluding steroid dienone is 2. The summed E-state index contributed by atoms with van der Waals surface area (Å²) >= 11 is 5.23. The monoisotopic (exact) mass is 144 g/mol. The Morgan fingerprint density at radius 2 is 2.33 bits per heavy atom. The second kappa shape index (κ2) is 4.15. The van der Waals surface area contributed by atoms with E-state index < -0.39 is 0 Å². The van der Waals surface area contributed by atoms with Crippen LogP contribution in [0.5, 0.6) is 0 Å². The van der Waals surface area contributed by atoms with E-state index >= 15 is 0 Å². The summed E-state index contributed by atoms with van der Waals surface area (Å²) in [6.45, 7) is 5.37. The first-order chi connectivity index (χ1) is 4.16. The van der Waals surface area contributed by atoms with Crippen molar-refractivity contribution in [2.75, 3.05) is 0 Å². The van der Waals surface area contributed by atoms with Crippen LogP contribution in [0.3, 0.4) is 0 Å². The summed E-state index contributed by atoms with van der Waals surface area (Å²) in [4.78, 5) is 3.62. The lowest BCUT2D eigenvalue weighted by Crippen LogP contribution is -1.99. The Bertz CT molecular complexity index is 154. The molecule has 0 aliphatic rings. The van der Waals surface area contributed by atoms with Gasteiger partial charge in [-0.15, -0.1) is 0 Å². The number of aliphatic imine (C=N–C) groups is 1. The lowest BCUT2D eigenvalue weighted by molar-refractivity contribution is 1.42. The Hall–Kier alpha value is -0.760. The molecule has 0 aromatic carbocycles. The highest BCUT2D eigenvalue weighted by molar-refractivity contribution is 6.64. The number of hydrogen-bond donors (Lipinski definition) is 1. The van der Waals surface area contributed by atoms with E-state index in [-0.39, 0.29) is 5.29 Å². The highest BCUT2D eigenvalue weighted by atomic mass is 35.5. The molecule has 0 radical (unpaired) electrons. The van der Waals surface area contributed by atoms with Crippen LogP contribution in [0.25, 0.3) is 0 Å². The second-order valence-electron chi connectivity index (χ2n) is 1.53. The summed E-state index contributed by atoms with van der Waals surface area (Å²) < 4.78 is 0. The highest BCUT2D eigenvalue weighted by Crippen LogP contribution is 1.92. The fourth-order valence-corrected chi connectivity index (χ4v) is 0.265. The van der Waals surface area contributed by atoms with Gasteiger partial charge in [0.1, 0.15) is 0 Å². The average Bonchev–Trinajstić information content (AvgIpc) is 1.83. The molecule has 3 heteroatoms. The quantitative estimate of drug-likeness (QED) is 0.272. The molecule has 0 aromatic heterocycles. The van der Waals surface area contributed by atoms with Gasteiger partial charge in [-0.2, -0.15) is 0 Å².